The van der Waals surface area contributed by atoms with E-state index in [1.807, 2.05) is 30.3 Å². The van der Waals surface area contributed by atoms with Crippen LogP contribution in [0.1, 0.15) is 15.9 Å². The number of rotatable bonds is 5. The van der Waals surface area contributed by atoms with Crippen molar-refractivity contribution in [3.63, 3.8) is 0 Å². The van der Waals surface area contributed by atoms with E-state index in [0.29, 0.717) is 6.42 Å². The summed E-state index contributed by atoms with van der Waals surface area (Å²) in [5, 5.41) is 21.3. The number of hydrogen-bond acceptors (Lipinski definition) is 4. The van der Waals surface area contributed by atoms with Crippen molar-refractivity contribution in [2.24, 2.45) is 0 Å². The molecule has 0 aliphatic heterocycles. The third-order valence-electron chi connectivity index (χ3n) is 2.97. The van der Waals surface area contributed by atoms with E-state index in [0.717, 1.165) is 17.7 Å². The smallest absolute Gasteiger partial charge is 0.251 e. The predicted molar refractivity (Wildman–Crippen MR) is 77.2 cm³/mol. The van der Waals surface area contributed by atoms with Crippen molar-refractivity contribution < 1.29 is 15.0 Å². The van der Waals surface area contributed by atoms with Gasteiger partial charge >= 0.3 is 0 Å². The highest BCUT2D eigenvalue weighted by Gasteiger charge is 2.14. The van der Waals surface area contributed by atoms with Gasteiger partial charge in [-0.3, -0.25) is 14.6 Å². The molecule has 1 aromatic carbocycles. The van der Waals surface area contributed by atoms with Crippen LogP contribution in [0.25, 0.3) is 0 Å². The first kappa shape index (κ1) is 14.8. The molecule has 1 amide bonds. The van der Waals surface area contributed by atoms with Crippen LogP contribution in [0.4, 0.5) is 0 Å². The van der Waals surface area contributed by atoms with E-state index in [2.05, 4.69) is 10.3 Å². The summed E-state index contributed by atoms with van der Waals surface area (Å²) in [6.45, 7) is -0.226. The number of benzene rings is 1. The minimum atomic E-state index is -0.566. The Morgan fingerprint density at radius 2 is 1.95 bits per heavy atom. The number of aliphatic hydroxyl groups is 1. The van der Waals surface area contributed by atoms with Crippen LogP contribution in [-0.2, 0) is 6.42 Å². The summed E-state index contributed by atoms with van der Waals surface area (Å²) in [7, 11) is 0. The standard InChI is InChI=1S/C15H16N2O4/c18-9-12(6-10-4-2-1-3-5-10)16-15(21)11-7-13(19)17-14(20)8-11/h1-5,7-8,12,18H,6,9H2,(H,16,21)(H2,17,19,20)/t12-/m0/s1. The molecule has 6 nitrogen and oxygen atoms in total. The van der Waals surface area contributed by atoms with E-state index in [9.17, 15) is 19.8 Å². The number of H-pyrrole nitrogens is 1. The van der Waals surface area contributed by atoms with Gasteiger partial charge in [0.2, 0.25) is 0 Å². The first-order valence-corrected chi connectivity index (χ1v) is 6.47. The summed E-state index contributed by atoms with van der Waals surface area (Å²) in [4.78, 5) is 25.4. The molecule has 0 unspecified atom stereocenters. The Bertz CT molecular complexity index is 667. The fourth-order valence-electron chi connectivity index (χ4n) is 1.99. The zero-order valence-electron chi connectivity index (χ0n) is 11.2. The van der Waals surface area contributed by atoms with E-state index in [1.165, 1.54) is 0 Å². The van der Waals surface area contributed by atoms with Crippen LogP contribution in [0.2, 0.25) is 0 Å². The molecular formula is C15H16N2O4. The average molecular weight is 288 g/mol. The monoisotopic (exact) mass is 288 g/mol. The van der Waals surface area contributed by atoms with Crippen molar-refractivity contribution in [1.82, 2.24) is 10.3 Å². The van der Waals surface area contributed by atoms with Crippen LogP contribution in [-0.4, -0.2) is 33.8 Å². The third kappa shape index (κ3) is 4.19. The number of pyridine rings is 1. The summed E-state index contributed by atoms with van der Waals surface area (Å²) < 4.78 is 0. The Morgan fingerprint density at radius 3 is 2.57 bits per heavy atom. The first-order chi connectivity index (χ1) is 10.1. The van der Waals surface area contributed by atoms with Crippen molar-refractivity contribution >= 4 is 5.91 Å². The average Bonchev–Trinajstić information content (AvgIpc) is 2.46. The molecule has 1 aromatic heterocycles. The number of carbonyl (C=O) groups is 1. The van der Waals surface area contributed by atoms with Crippen molar-refractivity contribution in [1.29, 1.82) is 0 Å². The van der Waals surface area contributed by atoms with Crippen LogP contribution in [0.15, 0.2) is 47.3 Å². The lowest BCUT2D eigenvalue weighted by molar-refractivity contribution is 0.0916. The maximum absolute atomic E-state index is 12.0. The Kier molecular flexibility index (Phi) is 4.73. The molecule has 4 N–H and O–H groups in total. The van der Waals surface area contributed by atoms with E-state index in [1.54, 1.807) is 0 Å². The number of aromatic nitrogens is 1. The van der Waals surface area contributed by atoms with Gasteiger partial charge in [-0.15, -0.1) is 0 Å². The highest BCUT2D eigenvalue weighted by Crippen LogP contribution is 2.06. The molecule has 0 radical (unpaired) electrons. The molecule has 21 heavy (non-hydrogen) atoms. The van der Waals surface area contributed by atoms with Crippen LogP contribution in [0.5, 0.6) is 5.88 Å². The molecule has 6 heteroatoms. The van der Waals surface area contributed by atoms with Gasteiger partial charge in [0.1, 0.15) is 0 Å². The lowest BCUT2D eigenvalue weighted by atomic mass is 10.1. The van der Waals surface area contributed by atoms with Gasteiger partial charge in [0.05, 0.1) is 18.2 Å². The largest absolute Gasteiger partial charge is 0.494 e. The molecule has 0 aliphatic rings. The molecule has 0 aliphatic carbocycles. The lowest BCUT2D eigenvalue weighted by Gasteiger charge is -2.16. The number of amides is 1. The van der Waals surface area contributed by atoms with Crippen molar-refractivity contribution in [3.8, 4) is 5.88 Å². The van der Waals surface area contributed by atoms with Gasteiger partial charge in [0.15, 0.2) is 5.88 Å². The number of carbonyl (C=O) groups excluding carboxylic acids is 1. The second kappa shape index (κ2) is 6.71. The molecule has 0 fully saturated rings. The highest BCUT2D eigenvalue weighted by molar-refractivity contribution is 5.94. The minimum Gasteiger partial charge on any atom is -0.494 e. The van der Waals surface area contributed by atoms with Gasteiger partial charge < -0.3 is 15.5 Å². The second-order valence-corrected chi connectivity index (χ2v) is 4.66. The normalized spacial score (nSPS) is 11.9. The SMILES string of the molecule is O=C(N[C@H](CO)Cc1ccccc1)c1cc(O)[nH]c(=O)c1. The Hall–Kier alpha value is -2.60. The lowest BCUT2D eigenvalue weighted by Crippen LogP contribution is -2.39. The molecule has 2 rings (SSSR count). The zero-order chi connectivity index (χ0) is 15.2. The molecule has 1 atom stereocenters. The number of aliphatic hydroxyl groups excluding tert-OH is 1. The Morgan fingerprint density at radius 1 is 1.24 bits per heavy atom. The second-order valence-electron chi connectivity index (χ2n) is 4.66. The number of aromatic hydroxyl groups is 1. The number of hydrogen-bond donors (Lipinski definition) is 4. The highest BCUT2D eigenvalue weighted by atomic mass is 16.3. The predicted octanol–water partition coefficient (Wildman–Crippen LogP) is 0.414. The third-order valence-corrected chi connectivity index (χ3v) is 2.97. The molecular weight excluding hydrogens is 272 g/mol. The van der Waals surface area contributed by atoms with Crippen LogP contribution in [0.3, 0.4) is 0 Å². The van der Waals surface area contributed by atoms with E-state index in [-0.39, 0.29) is 18.1 Å². The van der Waals surface area contributed by atoms with Crippen molar-refractivity contribution in [3.05, 3.63) is 63.9 Å². The molecule has 0 bridgehead atoms. The van der Waals surface area contributed by atoms with Gasteiger partial charge in [-0.25, -0.2) is 0 Å². The van der Waals surface area contributed by atoms with E-state index >= 15 is 0 Å². The summed E-state index contributed by atoms with van der Waals surface area (Å²) >= 11 is 0. The fourth-order valence-corrected chi connectivity index (χ4v) is 1.99. The van der Waals surface area contributed by atoms with Crippen molar-refractivity contribution in [2.45, 2.75) is 12.5 Å². The topological polar surface area (TPSA) is 102 Å². The van der Waals surface area contributed by atoms with Gasteiger partial charge in [0, 0.05) is 12.1 Å². The molecule has 2 aromatic rings. The minimum absolute atomic E-state index is 0.0442. The van der Waals surface area contributed by atoms with Crippen LogP contribution >= 0.6 is 0 Å². The number of aromatic amines is 1. The first-order valence-electron chi connectivity index (χ1n) is 6.47. The maximum atomic E-state index is 12.0. The Labute approximate surface area is 121 Å². The quantitative estimate of drug-likeness (QED) is 0.640. The molecule has 110 valence electrons. The Balaban J connectivity index is 2.07. The zero-order valence-corrected chi connectivity index (χ0v) is 11.2. The maximum Gasteiger partial charge on any atom is 0.251 e. The van der Waals surface area contributed by atoms with Crippen molar-refractivity contribution in [2.75, 3.05) is 6.61 Å². The number of nitrogens with one attached hydrogen (secondary N) is 2. The van der Waals surface area contributed by atoms with Gasteiger partial charge in [-0.1, -0.05) is 30.3 Å². The summed E-state index contributed by atoms with van der Waals surface area (Å²) in [5.74, 6) is -0.900. The van der Waals surface area contributed by atoms with E-state index in [4.69, 9.17) is 0 Å². The fraction of sp³-hybridized carbons (Fsp3) is 0.200. The van der Waals surface area contributed by atoms with Crippen LogP contribution in [0, 0.1) is 0 Å². The van der Waals surface area contributed by atoms with E-state index < -0.39 is 17.5 Å². The summed E-state index contributed by atoms with van der Waals surface area (Å²) in [6.07, 6.45) is 0.470. The molecule has 0 saturated carbocycles. The molecule has 1 heterocycles. The van der Waals surface area contributed by atoms with Gasteiger partial charge in [-0.2, -0.15) is 0 Å². The molecule has 0 saturated heterocycles. The van der Waals surface area contributed by atoms with Gasteiger partial charge in [0.25, 0.3) is 11.5 Å². The summed E-state index contributed by atoms with van der Waals surface area (Å²) in [6, 6.07) is 11.2. The van der Waals surface area contributed by atoms with Gasteiger partial charge in [-0.05, 0) is 12.0 Å². The van der Waals surface area contributed by atoms with Crippen LogP contribution < -0.4 is 10.9 Å². The summed E-state index contributed by atoms with van der Waals surface area (Å²) in [5.41, 5.74) is 0.456. The molecule has 0 spiro atoms.